The van der Waals surface area contributed by atoms with Gasteiger partial charge in [-0.2, -0.15) is 0 Å². The Labute approximate surface area is 294 Å². The Morgan fingerprint density at radius 2 is 1.78 bits per heavy atom. The van der Waals surface area contributed by atoms with Crippen molar-refractivity contribution in [3.63, 3.8) is 0 Å². The summed E-state index contributed by atoms with van der Waals surface area (Å²) in [5.41, 5.74) is 1.78. The van der Waals surface area contributed by atoms with E-state index in [-0.39, 0.29) is 47.8 Å². The van der Waals surface area contributed by atoms with Gasteiger partial charge in [0, 0.05) is 24.6 Å². The van der Waals surface area contributed by atoms with E-state index in [0.717, 1.165) is 56.9 Å². The predicted molar refractivity (Wildman–Crippen MR) is 184 cm³/mol. The maximum atomic E-state index is 14.6. The average molecular weight is 696 g/mol. The SMILES string of the molecule is C[C@@H]1C(C=O)N(C(=O)C(NC(=C2CC2)C(NC(=O)c2cnccn2)C2CCCCC2)C(C)(C)C)C[C@@H]1CCN(C)CC(=O)C(=O)NCC(=O)O. The van der Waals surface area contributed by atoms with Crippen LogP contribution in [0.2, 0.25) is 0 Å². The number of likely N-dealkylation sites (N-methyl/N-ethyl adjacent to an activating group) is 1. The number of Topliss-reactive ketones (excluding diaryl/α,β-unsaturated/α-hetero) is 1. The van der Waals surface area contributed by atoms with Crippen molar-refractivity contribution in [3.8, 4) is 0 Å². The van der Waals surface area contributed by atoms with E-state index in [4.69, 9.17) is 5.11 Å². The maximum absolute atomic E-state index is 14.6. The number of carboxylic acid groups (broad SMARTS) is 1. The molecule has 14 heteroatoms. The van der Waals surface area contributed by atoms with E-state index in [0.29, 0.717) is 19.5 Å². The fourth-order valence-electron chi connectivity index (χ4n) is 7.17. The zero-order chi connectivity index (χ0) is 36.6. The molecule has 1 saturated heterocycles. The van der Waals surface area contributed by atoms with E-state index < -0.39 is 41.7 Å². The fraction of sp³-hybridized carbons (Fsp3) is 0.667. The number of aldehydes is 1. The minimum Gasteiger partial charge on any atom is -0.480 e. The number of carbonyl (C=O) groups is 6. The summed E-state index contributed by atoms with van der Waals surface area (Å²) in [6.45, 7) is 7.93. The van der Waals surface area contributed by atoms with E-state index in [1.54, 1.807) is 16.8 Å². The third-order valence-corrected chi connectivity index (χ3v) is 10.3. The van der Waals surface area contributed by atoms with Gasteiger partial charge in [0.15, 0.2) is 0 Å². The van der Waals surface area contributed by atoms with Crippen LogP contribution in [0.4, 0.5) is 0 Å². The van der Waals surface area contributed by atoms with Gasteiger partial charge >= 0.3 is 5.97 Å². The largest absolute Gasteiger partial charge is 0.480 e. The second-order valence-corrected chi connectivity index (χ2v) is 15.2. The highest BCUT2D eigenvalue weighted by Gasteiger charge is 2.46. The number of aliphatic carboxylic acids is 1. The summed E-state index contributed by atoms with van der Waals surface area (Å²) < 4.78 is 0. The Morgan fingerprint density at radius 3 is 2.36 bits per heavy atom. The molecule has 0 aromatic carbocycles. The van der Waals surface area contributed by atoms with Crippen LogP contribution in [0.1, 0.15) is 89.5 Å². The van der Waals surface area contributed by atoms with E-state index in [2.05, 4.69) is 25.9 Å². The lowest BCUT2D eigenvalue weighted by Gasteiger charge is -2.40. The molecule has 50 heavy (non-hydrogen) atoms. The number of allylic oxidation sites excluding steroid dienone is 1. The number of carboxylic acids is 1. The van der Waals surface area contributed by atoms with Crippen molar-refractivity contribution >= 4 is 35.8 Å². The monoisotopic (exact) mass is 695 g/mol. The summed E-state index contributed by atoms with van der Waals surface area (Å²) in [5.74, 6) is -3.39. The summed E-state index contributed by atoms with van der Waals surface area (Å²) >= 11 is 0. The minimum atomic E-state index is -1.24. The van der Waals surface area contributed by atoms with Crippen molar-refractivity contribution in [2.75, 3.05) is 33.2 Å². The molecule has 2 saturated carbocycles. The van der Waals surface area contributed by atoms with Gasteiger partial charge in [-0.3, -0.25) is 33.9 Å². The normalized spacial score (nSPS) is 22.0. The number of amides is 3. The molecule has 274 valence electrons. The third kappa shape index (κ3) is 10.2. The van der Waals surface area contributed by atoms with Crippen LogP contribution in [0.25, 0.3) is 0 Å². The Bertz CT molecular complexity index is 1430. The number of ketones is 1. The molecule has 3 unspecified atom stereocenters. The first-order valence-electron chi connectivity index (χ1n) is 17.7. The summed E-state index contributed by atoms with van der Waals surface area (Å²) in [6.07, 6.45) is 12.9. The standard InChI is InChI=1S/C36H53N7O7/c1-22-25(13-16-42(5)20-28(45)34(49)39-18-29(46)47)19-43(27(22)21-44)35(50)32(36(2,3)4)40-30(24-11-12-24)31(23-9-7-6-8-10-23)41-33(48)26-17-37-14-15-38-26/h14-15,17,21-23,25,27,31-32,40H,6-13,16,18-20H2,1-5H3,(H,39,49)(H,41,48)(H,46,47)/t22-,25-,27?,31?,32?/m0/s1. The summed E-state index contributed by atoms with van der Waals surface area (Å²) in [7, 11) is 1.69. The van der Waals surface area contributed by atoms with Gasteiger partial charge in [0.05, 0.1) is 24.8 Å². The van der Waals surface area contributed by atoms with Gasteiger partial charge in [0.25, 0.3) is 11.8 Å². The molecule has 4 N–H and O–H groups in total. The van der Waals surface area contributed by atoms with Crippen molar-refractivity contribution in [1.82, 2.24) is 35.7 Å². The van der Waals surface area contributed by atoms with E-state index in [1.807, 2.05) is 27.7 Å². The Morgan fingerprint density at radius 1 is 1.08 bits per heavy atom. The number of rotatable bonds is 16. The number of hydrogen-bond donors (Lipinski definition) is 4. The highest BCUT2D eigenvalue weighted by Crippen LogP contribution is 2.39. The lowest BCUT2D eigenvalue weighted by molar-refractivity contribution is -0.141. The molecule has 1 aromatic heterocycles. The smallest absolute Gasteiger partial charge is 0.322 e. The molecular weight excluding hydrogens is 642 g/mol. The van der Waals surface area contributed by atoms with Crippen molar-refractivity contribution in [2.24, 2.45) is 23.2 Å². The van der Waals surface area contributed by atoms with Crippen LogP contribution in [0.5, 0.6) is 0 Å². The van der Waals surface area contributed by atoms with Crippen LogP contribution in [0.3, 0.4) is 0 Å². The second-order valence-electron chi connectivity index (χ2n) is 15.2. The van der Waals surface area contributed by atoms with Crippen LogP contribution in [0.15, 0.2) is 29.9 Å². The van der Waals surface area contributed by atoms with Crippen LogP contribution in [-0.2, 0) is 24.0 Å². The molecule has 2 heterocycles. The molecule has 0 bridgehead atoms. The van der Waals surface area contributed by atoms with Crippen molar-refractivity contribution < 1.29 is 33.9 Å². The molecule has 3 aliphatic rings. The van der Waals surface area contributed by atoms with Crippen molar-refractivity contribution in [2.45, 2.75) is 97.2 Å². The topological polar surface area (TPSA) is 191 Å². The molecule has 5 atom stereocenters. The van der Waals surface area contributed by atoms with Crippen LogP contribution >= 0.6 is 0 Å². The highest BCUT2D eigenvalue weighted by atomic mass is 16.4. The second kappa shape index (κ2) is 17.1. The van der Waals surface area contributed by atoms with Crippen molar-refractivity contribution in [1.29, 1.82) is 0 Å². The number of nitrogens with one attached hydrogen (secondary N) is 3. The number of carbonyl (C=O) groups excluding carboxylic acids is 5. The van der Waals surface area contributed by atoms with Crippen LogP contribution < -0.4 is 16.0 Å². The Kier molecular flexibility index (Phi) is 13.2. The minimum absolute atomic E-state index is 0.0318. The lowest BCUT2D eigenvalue weighted by Crippen LogP contribution is -2.57. The molecule has 1 aromatic rings. The predicted octanol–water partition coefficient (Wildman–Crippen LogP) is 1.96. The average Bonchev–Trinajstić information content (AvgIpc) is 3.88. The van der Waals surface area contributed by atoms with Crippen LogP contribution in [0, 0.1) is 23.2 Å². The summed E-state index contributed by atoms with van der Waals surface area (Å²) in [5, 5.41) is 17.7. The zero-order valence-corrected chi connectivity index (χ0v) is 29.9. The lowest BCUT2D eigenvalue weighted by atomic mass is 9.80. The van der Waals surface area contributed by atoms with E-state index in [1.165, 1.54) is 24.2 Å². The van der Waals surface area contributed by atoms with Gasteiger partial charge in [-0.05, 0) is 74.4 Å². The number of nitrogens with zero attached hydrogens (tertiary/aromatic N) is 4. The van der Waals surface area contributed by atoms with Crippen LogP contribution in [-0.4, -0.2) is 112 Å². The maximum Gasteiger partial charge on any atom is 0.322 e. The molecule has 0 radical (unpaired) electrons. The van der Waals surface area contributed by atoms with E-state index >= 15 is 0 Å². The number of aromatic nitrogens is 2. The van der Waals surface area contributed by atoms with Gasteiger partial charge in [-0.25, -0.2) is 4.98 Å². The third-order valence-electron chi connectivity index (χ3n) is 10.3. The molecule has 3 amide bonds. The first-order chi connectivity index (χ1) is 23.7. The van der Waals surface area contributed by atoms with E-state index in [9.17, 15) is 28.8 Å². The fourth-order valence-corrected chi connectivity index (χ4v) is 7.17. The first kappa shape index (κ1) is 38.6. The van der Waals surface area contributed by atoms with Crippen molar-refractivity contribution in [3.05, 3.63) is 35.6 Å². The Hall–Kier alpha value is -4.20. The number of hydrogen-bond acceptors (Lipinski definition) is 10. The number of likely N-dealkylation sites (tertiary alicyclic amines) is 1. The summed E-state index contributed by atoms with van der Waals surface area (Å²) in [4.78, 5) is 87.1. The molecule has 0 spiro atoms. The molecule has 4 rings (SSSR count). The summed E-state index contributed by atoms with van der Waals surface area (Å²) in [6, 6.07) is -1.63. The Balaban J connectivity index is 1.49. The molecule has 14 nitrogen and oxygen atoms in total. The molecular formula is C36H53N7O7. The van der Waals surface area contributed by atoms with Gasteiger partial charge in [0.2, 0.25) is 11.7 Å². The molecule has 3 fully saturated rings. The van der Waals surface area contributed by atoms with Gasteiger partial charge in [-0.15, -0.1) is 0 Å². The van der Waals surface area contributed by atoms with Gasteiger partial charge < -0.3 is 30.8 Å². The first-order valence-corrected chi connectivity index (χ1v) is 17.7. The molecule has 1 aliphatic heterocycles. The molecule has 2 aliphatic carbocycles. The zero-order valence-electron chi connectivity index (χ0n) is 29.9. The quantitative estimate of drug-likeness (QED) is 0.146. The van der Waals surface area contributed by atoms with Gasteiger partial charge in [-0.1, -0.05) is 47.0 Å². The van der Waals surface area contributed by atoms with Gasteiger partial charge in [0.1, 0.15) is 24.6 Å². The highest BCUT2D eigenvalue weighted by molar-refractivity contribution is 6.37.